The van der Waals surface area contributed by atoms with Crippen LogP contribution in [0.15, 0.2) is 18.2 Å². The molecule has 3 N–H and O–H groups in total. The maximum absolute atomic E-state index is 11.3. The molecule has 0 heterocycles. The van der Waals surface area contributed by atoms with E-state index in [4.69, 9.17) is 10.5 Å². The molecule has 0 bridgehead atoms. The highest BCUT2D eigenvalue weighted by Gasteiger charge is 2.13. The molecule has 1 aromatic rings. The predicted molar refractivity (Wildman–Crippen MR) is 77.3 cm³/mol. The number of rotatable bonds is 8. The van der Waals surface area contributed by atoms with Crippen LogP contribution in [0.4, 0.5) is 0 Å². The van der Waals surface area contributed by atoms with E-state index in [1.807, 2.05) is 18.2 Å². The first-order valence-corrected chi connectivity index (χ1v) is 6.77. The molecule has 0 aliphatic carbocycles. The number of benzene rings is 1. The Hall–Kier alpha value is -1.55. The van der Waals surface area contributed by atoms with E-state index in [1.54, 1.807) is 0 Å². The van der Waals surface area contributed by atoms with Crippen LogP contribution in [0.25, 0.3) is 0 Å². The topological polar surface area (TPSA) is 64.3 Å². The summed E-state index contributed by atoms with van der Waals surface area (Å²) in [5.41, 5.74) is 7.79. The van der Waals surface area contributed by atoms with Crippen molar-refractivity contribution in [3.8, 4) is 5.75 Å². The summed E-state index contributed by atoms with van der Waals surface area (Å²) < 4.78 is 5.65. The number of carbonyl (C=O) groups is 1. The van der Waals surface area contributed by atoms with E-state index in [-0.39, 0.29) is 11.9 Å². The molecule has 19 heavy (non-hydrogen) atoms. The molecule has 0 saturated heterocycles. The molecule has 0 aliphatic heterocycles. The summed E-state index contributed by atoms with van der Waals surface area (Å²) in [6.07, 6.45) is 1.56. The fourth-order valence-corrected chi connectivity index (χ4v) is 1.76. The normalized spacial score (nSPS) is 12.2. The van der Waals surface area contributed by atoms with E-state index in [1.165, 1.54) is 11.1 Å². The number of amides is 1. The lowest BCUT2D eigenvalue weighted by atomic mass is 10.1. The zero-order chi connectivity index (χ0) is 14.3. The molecule has 0 radical (unpaired) electrons. The largest absolute Gasteiger partial charge is 0.494 e. The van der Waals surface area contributed by atoms with Crippen LogP contribution in [0.3, 0.4) is 0 Å². The Kier molecular flexibility index (Phi) is 6.36. The van der Waals surface area contributed by atoms with Gasteiger partial charge in [-0.25, -0.2) is 0 Å². The summed E-state index contributed by atoms with van der Waals surface area (Å²) in [5.74, 6) is 0.513. The number of ether oxygens (including phenoxy) is 1. The number of nitrogens with one attached hydrogen (secondary N) is 1. The summed E-state index contributed by atoms with van der Waals surface area (Å²) in [6.45, 7) is 7.44. The summed E-state index contributed by atoms with van der Waals surface area (Å²) in [6, 6.07) is 5.67. The first-order chi connectivity index (χ1) is 9.04. The Morgan fingerprint density at radius 2 is 2.11 bits per heavy atom. The van der Waals surface area contributed by atoms with Gasteiger partial charge in [0.1, 0.15) is 5.75 Å². The van der Waals surface area contributed by atoms with Gasteiger partial charge in [0, 0.05) is 6.42 Å². The molecule has 4 heteroatoms. The van der Waals surface area contributed by atoms with Gasteiger partial charge in [-0.2, -0.15) is 0 Å². The lowest BCUT2D eigenvalue weighted by Gasteiger charge is -2.15. The number of carbonyl (C=O) groups excluding carboxylic acids is 1. The van der Waals surface area contributed by atoms with Gasteiger partial charge >= 0.3 is 0 Å². The van der Waals surface area contributed by atoms with E-state index < -0.39 is 0 Å². The van der Waals surface area contributed by atoms with Gasteiger partial charge < -0.3 is 15.8 Å². The summed E-state index contributed by atoms with van der Waals surface area (Å²) in [5, 5.41) is 3.12. The van der Waals surface area contributed by atoms with Crippen molar-refractivity contribution < 1.29 is 9.53 Å². The third-order valence-electron chi connectivity index (χ3n) is 3.14. The molecule has 0 spiro atoms. The second-order valence-corrected chi connectivity index (χ2v) is 4.79. The Balaban J connectivity index is 2.42. The number of hydrogen-bond acceptors (Lipinski definition) is 3. The van der Waals surface area contributed by atoms with Crippen LogP contribution in [0, 0.1) is 13.8 Å². The molecule has 0 fully saturated rings. The maximum Gasteiger partial charge on any atom is 0.234 e. The minimum atomic E-state index is -0.322. The van der Waals surface area contributed by atoms with E-state index in [0.29, 0.717) is 13.0 Å². The third-order valence-corrected chi connectivity index (χ3v) is 3.14. The molecular weight excluding hydrogens is 240 g/mol. The number of primary amides is 1. The van der Waals surface area contributed by atoms with Gasteiger partial charge in [-0.1, -0.05) is 13.0 Å². The Morgan fingerprint density at radius 1 is 1.37 bits per heavy atom. The first-order valence-electron chi connectivity index (χ1n) is 6.77. The van der Waals surface area contributed by atoms with Crippen LogP contribution >= 0.6 is 0 Å². The molecule has 0 saturated carbocycles. The van der Waals surface area contributed by atoms with Gasteiger partial charge in [0.15, 0.2) is 0 Å². The summed E-state index contributed by atoms with van der Waals surface area (Å²) in [7, 11) is 0. The lowest BCUT2D eigenvalue weighted by Crippen LogP contribution is -2.42. The van der Waals surface area contributed by atoms with Crippen molar-refractivity contribution in [1.82, 2.24) is 5.32 Å². The molecule has 1 atom stereocenters. The van der Waals surface area contributed by atoms with E-state index in [2.05, 4.69) is 26.1 Å². The maximum atomic E-state index is 11.3. The highest BCUT2D eigenvalue weighted by atomic mass is 16.5. The summed E-state index contributed by atoms with van der Waals surface area (Å²) in [4.78, 5) is 11.3. The van der Waals surface area contributed by atoms with Crippen LogP contribution in [0.2, 0.25) is 0 Å². The SMILES string of the molecule is CCCNC(CCOc1ccc(C)c(C)c1)C(N)=O. The van der Waals surface area contributed by atoms with Crippen molar-refractivity contribution in [3.63, 3.8) is 0 Å². The van der Waals surface area contributed by atoms with Crippen molar-refractivity contribution >= 4 is 5.91 Å². The van der Waals surface area contributed by atoms with Crippen molar-refractivity contribution in [1.29, 1.82) is 0 Å². The number of aryl methyl sites for hydroxylation is 2. The van der Waals surface area contributed by atoms with Gasteiger partial charge in [0.05, 0.1) is 12.6 Å². The Bertz CT molecular complexity index is 419. The quantitative estimate of drug-likeness (QED) is 0.754. The second kappa shape index (κ2) is 7.79. The van der Waals surface area contributed by atoms with Gasteiger partial charge in [-0.3, -0.25) is 4.79 Å². The molecule has 0 aromatic heterocycles. The smallest absolute Gasteiger partial charge is 0.234 e. The zero-order valence-corrected chi connectivity index (χ0v) is 12.0. The third kappa shape index (κ3) is 5.30. The van der Waals surface area contributed by atoms with Crippen LogP contribution in [0.5, 0.6) is 5.75 Å². The lowest BCUT2D eigenvalue weighted by molar-refractivity contribution is -0.120. The second-order valence-electron chi connectivity index (χ2n) is 4.79. The van der Waals surface area contributed by atoms with Crippen LogP contribution in [-0.4, -0.2) is 25.1 Å². The van der Waals surface area contributed by atoms with E-state index in [0.717, 1.165) is 18.7 Å². The average molecular weight is 264 g/mol. The summed E-state index contributed by atoms with van der Waals surface area (Å²) >= 11 is 0. The molecule has 4 nitrogen and oxygen atoms in total. The van der Waals surface area contributed by atoms with Gasteiger partial charge in [0.25, 0.3) is 0 Å². The molecule has 1 rings (SSSR count). The molecule has 1 aromatic carbocycles. The number of nitrogens with two attached hydrogens (primary N) is 1. The zero-order valence-electron chi connectivity index (χ0n) is 12.0. The fraction of sp³-hybridized carbons (Fsp3) is 0.533. The highest BCUT2D eigenvalue weighted by molar-refractivity contribution is 5.79. The van der Waals surface area contributed by atoms with Crippen molar-refractivity contribution in [2.45, 2.75) is 39.7 Å². The van der Waals surface area contributed by atoms with Gasteiger partial charge in [0.2, 0.25) is 5.91 Å². The predicted octanol–water partition coefficient (Wildman–Crippen LogP) is 1.93. The minimum Gasteiger partial charge on any atom is -0.494 e. The monoisotopic (exact) mass is 264 g/mol. The molecule has 106 valence electrons. The van der Waals surface area contributed by atoms with E-state index in [9.17, 15) is 4.79 Å². The number of hydrogen-bond donors (Lipinski definition) is 2. The first kappa shape index (κ1) is 15.5. The van der Waals surface area contributed by atoms with Crippen LogP contribution in [0.1, 0.15) is 30.9 Å². The standard InChI is InChI=1S/C15H24N2O2/c1-4-8-17-14(15(16)18)7-9-19-13-6-5-11(2)12(3)10-13/h5-6,10,14,17H,4,7-9H2,1-3H3,(H2,16,18). The fourth-order valence-electron chi connectivity index (χ4n) is 1.76. The average Bonchev–Trinajstić information content (AvgIpc) is 2.37. The molecule has 1 amide bonds. The Labute approximate surface area is 115 Å². The van der Waals surface area contributed by atoms with Gasteiger partial charge in [-0.15, -0.1) is 0 Å². The van der Waals surface area contributed by atoms with E-state index >= 15 is 0 Å². The minimum absolute atomic E-state index is 0.313. The van der Waals surface area contributed by atoms with Crippen LogP contribution in [-0.2, 0) is 4.79 Å². The van der Waals surface area contributed by atoms with Crippen molar-refractivity contribution in [2.75, 3.05) is 13.2 Å². The Morgan fingerprint density at radius 3 is 2.68 bits per heavy atom. The van der Waals surface area contributed by atoms with Crippen LogP contribution < -0.4 is 15.8 Å². The van der Waals surface area contributed by atoms with Crippen molar-refractivity contribution in [3.05, 3.63) is 29.3 Å². The molecule has 0 aliphatic rings. The van der Waals surface area contributed by atoms with Crippen molar-refractivity contribution in [2.24, 2.45) is 5.73 Å². The molecule has 1 unspecified atom stereocenters. The van der Waals surface area contributed by atoms with Gasteiger partial charge in [-0.05, 0) is 50.1 Å². The molecular formula is C15H24N2O2. The highest BCUT2D eigenvalue weighted by Crippen LogP contribution is 2.16.